The van der Waals surface area contributed by atoms with E-state index in [1.165, 1.54) is 19.6 Å². The predicted molar refractivity (Wildman–Crippen MR) is 163 cm³/mol. The van der Waals surface area contributed by atoms with Gasteiger partial charge in [0, 0.05) is 24.0 Å². The van der Waals surface area contributed by atoms with Gasteiger partial charge in [-0.25, -0.2) is 0 Å². The number of unbranched alkanes of at least 4 members (excludes halogenated alkanes) is 1. The molecule has 0 bridgehead atoms. The maximum absolute atomic E-state index is 12.7. The molecule has 0 aromatic carbocycles. The molecule has 4 atom stereocenters. The van der Waals surface area contributed by atoms with Gasteiger partial charge in [-0.05, 0) is 82.6 Å². The molecule has 0 radical (unpaired) electrons. The Hall–Kier alpha value is -2.12. The van der Waals surface area contributed by atoms with E-state index >= 15 is 0 Å². The molecule has 0 aromatic heterocycles. The number of hydrogen-bond donors (Lipinski definition) is 0. The van der Waals surface area contributed by atoms with Crippen LogP contribution in [0.2, 0.25) is 0 Å². The molecule has 41 heavy (non-hydrogen) atoms. The van der Waals surface area contributed by atoms with Crippen LogP contribution in [0.25, 0.3) is 0 Å². The molecule has 0 aromatic rings. The van der Waals surface area contributed by atoms with E-state index in [-0.39, 0.29) is 24.5 Å². The first-order valence-electron chi connectivity index (χ1n) is 14.9. The molecule has 0 spiro atoms. The van der Waals surface area contributed by atoms with Crippen LogP contribution in [-0.4, -0.2) is 30.3 Å². The van der Waals surface area contributed by atoms with Gasteiger partial charge in [0.15, 0.2) is 0 Å². The first kappa shape index (κ1) is 38.9. The van der Waals surface area contributed by atoms with Gasteiger partial charge in [-0.1, -0.05) is 77.0 Å². The summed E-state index contributed by atoms with van der Waals surface area (Å²) < 4.78 is 74.9. The Balaban J connectivity index is 5.09. The molecule has 0 aliphatic carbocycles. The fourth-order valence-corrected chi connectivity index (χ4v) is 4.43. The van der Waals surface area contributed by atoms with Crippen molar-refractivity contribution < 1.29 is 26.3 Å². The van der Waals surface area contributed by atoms with Crippen molar-refractivity contribution in [2.75, 3.05) is 0 Å². The zero-order chi connectivity index (χ0) is 31.5. The van der Waals surface area contributed by atoms with Crippen LogP contribution in [0.15, 0.2) is 58.2 Å². The Morgan fingerprint density at radius 2 is 1.51 bits per heavy atom. The summed E-state index contributed by atoms with van der Waals surface area (Å²) in [4.78, 5) is 8.93. The second kappa shape index (κ2) is 20.7. The quantitative estimate of drug-likeness (QED) is 0.0443. The van der Waals surface area contributed by atoms with E-state index in [1.807, 2.05) is 18.2 Å². The summed E-state index contributed by atoms with van der Waals surface area (Å²) in [7, 11) is 0. The van der Waals surface area contributed by atoms with E-state index in [4.69, 9.17) is 4.99 Å². The smallest absolute Gasteiger partial charge is 0.283 e. The van der Waals surface area contributed by atoms with Gasteiger partial charge in [0.1, 0.15) is 0 Å². The zero-order valence-corrected chi connectivity index (χ0v) is 25.9. The minimum Gasteiger partial charge on any atom is -0.283 e. The number of aliphatic imine (C=N–C) groups is 2. The van der Waals surface area contributed by atoms with Gasteiger partial charge >= 0.3 is 12.4 Å². The van der Waals surface area contributed by atoms with Gasteiger partial charge in [0.25, 0.3) is 0 Å². The molecule has 0 saturated carbocycles. The fourth-order valence-electron chi connectivity index (χ4n) is 4.43. The average Bonchev–Trinajstić information content (AvgIpc) is 2.83. The van der Waals surface area contributed by atoms with Crippen LogP contribution in [0.5, 0.6) is 0 Å². The molecular weight excluding hydrogens is 538 g/mol. The average molecular weight is 591 g/mol. The molecule has 0 rings (SSSR count). The molecule has 0 saturated heterocycles. The molecule has 0 heterocycles. The molecule has 0 aliphatic heterocycles. The van der Waals surface area contributed by atoms with Crippen molar-refractivity contribution in [3.8, 4) is 0 Å². The van der Waals surface area contributed by atoms with Crippen LogP contribution < -0.4 is 0 Å². The molecule has 236 valence electrons. The Kier molecular flexibility index (Phi) is 19.6. The molecule has 0 N–H and O–H groups in total. The lowest BCUT2D eigenvalue weighted by molar-refractivity contribution is -0.135. The topological polar surface area (TPSA) is 24.7 Å². The highest BCUT2D eigenvalue weighted by Gasteiger charge is 2.27. The summed E-state index contributed by atoms with van der Waals surface area (Å²) in [6, 6.07) is -0.365. The monoisotopic (exact) mass is 590 g/mol. The van der Waals surface area contributed by atoms with Crippen molar-refractivity contribution in [2.24, 2.45) is 27.7 Å². The first-order chi connectivity index (χ1) is 19.0. The molecule has 0 unspecified atom stereocenters. The minimum absolute atomic E-state index is 0.0239. The van der Waals surface area contributed by atoms with Gasteiger partial charge in [0.2, 0.25) is 0 Å². The lowest BCUT2D eigenvalue weighted by atomic mass is 9.87. The highest BCUT2D eigenvalue weighted by atomic mass is 19.4. The highest BCUT2D eigenvalue weighted by molar-refractivity contribution is 5.95. The third-order valence-electron chi connectivity index (χ3n) is 7.01. The highest BCUT2D eigenvalue weighted by Crippen LogP contribution is 2.26. The van der Waals surface area contributed by atoms with E-state index in [1.54, 1.807) is 13.0 Å². The van der Waals surface area contributed by atoms with E-state index in [0.29, 0.717) is 36.3 Å². The van der Waals surface area contributed by atoms with E-state index in [0.717, 1.165) is 31.4 Å². The molecular formula is C33H52F6N2. The van der Waals surface area contributed by atoms with Gasteiger partial charge < -0.3 is 0 Å². The lowest BCUT2D eigenvalue weighted by Crippen LogP contribution is -2.11. The number of hydrogen-bond acceptors (Lipinski definition) is 2. The molecule has 2 nitrogen and oxygen atoms in total. The van der Waals surface area contributed by atoms with Crippen LogP contribution in [0.3, 0.4) is 0 Å². The van der Waals surface area contributed by atoms with Crippen LogP contribution in [0, 0.1) is 17.8 Å². The molecule has 0 aliphatic rings. The number of halogens is 6. The van der Waals surface area contributed by atoms with E-state index < -0.39 is 25.2 Å². The largest absolute Gasteiger partial charge is 0.392 e. The van der Waals surface area contributed by atoms with E-state index in [2.05, 4.69) is 45.3 Å². The molecule has 8 heteroatoms. The lowest BCUT2D eigenvalue weighted by Gasteiger charge is -2.20. The summed E-state index contributed by atoms with van der Waals surface area (Å²) >= 11 is 0. The van der Waals surface area contributed by atoms with Crippen molar-refractivity contribution in [2.45, 2.75) is 131 Å². The first-order valence-corrected chi connectivity index (χ1v) is 14.9. The summed E-state index contributed by atoms with van der Waals surface area (Å²) in [6.45, 7) is 15.9. The Morgan fingerprint density at radius 3 is 2.10 bits per heavy atom. The van der Waals surface area contributed by atoms with Crippen LogP contribution >= 0.6 is 0 Å². The fraction of sp³-hybridized carbons (Fsp3) is 0.697. The second-order valence-electron chi connectivity index (χ2n) is 11.5. The Bertz CT molecular complexity index is 877. The SMILES string of the molecule is C=C(CC[C@H](C)[C@@H](C)CCC(/C=C/C=C\C[C@H](C)CCC)=N\[C@@H](C)/C=C(\C)CC(F)(F)F)/N=C\CCCC(F)(F)F. The van der Waals surface area contributed by atoms with Crippen molar-refractivity contribution in [1.29, 1.82) is 0 Å². The van der Waals surface area contributed by atoms with Gasteiger partial charge in [-0.3, -0.25) is 9.98 Å². The second-order valence-corrected chi connectivity index (χ2v) is 11.5. The molecule has 0 amide bonds. The summed E-state index contributed by atoms with van der Waals surface area (Å²) in [6.07, 6.45) is 7.78. The Labute approximate surface area is 244 Å². The van der Waals surface area contributed by atoms with Crippen molar-refractivity contribution in [1.82, 2.24) is 0 Å². The standard InChI is InChI=1S/C33H52F6N2/c1-8-14-25(2)15-10-9-11-16-31(41-30(7)23-26(3)24-33(37,38)39)20-18-28(5)27(4)17-19-29(6)40-22-13-12-21-32(34,35)36/h9-11,16,22-23,25,27-28,30H,6,8,12-15,17-21,24H2,1-5,7H3/b10-9-,16-11+,26-23+,40-22-,41-31-/t25-,27+,28+,30+/m1/s1. The number of allylic oxidation sites excluding steroid dienone is 6. The zero-order valence-electron chi connectivity index (χ0n) is 25.9. The van der Waals surface area contributed by atoms with Crippen molar-refractivity contribution in [3.63, 3.8) is 0 Å². The van der Waals surface area contributed by atoms with Gasteiger partial charge in [0.05, 0.1) is 12.5 Å². The van der Waals surface area contributed by atoms with Crippen molar-refractivity contribution >= 4 is 11.9 Å². The van der Waals surface area contributed by atoms with Gasteiger partial charge in [-0.2, -0.15) is 26.3 Å². The summed E-state index contributed by atoms with van der Waals surface area (Å²) in [5.41, 5.74) is 1.77. The maximum atomic E-state index is 12.7. The third-order valence-corrected chi connectivity index (χ3v) is 7.01. The summed E-state index contributed by atoms with van der Waals surface area (Å²) in [5, 5.41) is 0. The molecule has 0 fully saturated rings. The van der Waals surface area contributed by atoms with Gasteiger partial charge in [-0.15, -0.1) is 0 Å². The third kappa shape index (κ3) is 24.2. The summed E-state index contributed by atoms with van der Waals surface area (Å²) in [5.74, 6) is 1.35. The normalized spacial score (nSPS) is 17.1. The Morgan fingerprint density at radius 1 is 0.878 bits per heavy atom. The van der Waals surface area contributed by atoms with Crippen molar-refractivity contribution in [3.05, 3.63) is 48.2 Å². The number of alkyl halides is 6. The van der Waals surface area contributed by atoms with Crippen LogP contribution in [0.1, 0.15) is 112 Å². The van der Waals surface area contributed by atoms with Crippen LogP contribution in [-0.2, 0) is 0 Å². The minimum atomic E-state index is -4.23. The number of nitrogens with zero attached hydrogens (tertiary/aromatic N) is 2. The number of rotatable bonds is 20. The van der Waals surface area contributed by atoms with E-state index in [9.17, 15) is 26.3 Å². The predicted octanol–water partition coefficient (Wildman–Crippen LogP) is 11.8. The van der Waals surface area contributed by atoms with Crippen LogP contribution in [0.4, 0.5) is 26.3 Å². The maximum Gasteiger partial charge on any atom is 0.392 e.